The average molecular weight is 321 g/mol. The van der Waals surface area contributed by atoms with E-state index in [0.29, 0.717) is 11.3 Å². The topological polar surface area (TPSA) is 95.7 Å². The van der Waals surface area contributed by atoms with Crippen LogP contribution in [-0.4, -0.2) is 43.9 Å². The standard InChI is InChI=1S/C16H21N2O5/c1-10(14(19)20)23-12-8-6-11(7-9-12)13-17(21)15(2,3)16(4,5)18(13)22/h6-10H,1-5H3,(H,19,20)/t10-/m0/s1. The molecule has 0 unspecified atom stereocenters. The number of carboxylic acid groups (broad SMARTS) is 1. The summed E-state index contributed by atoms with van der Waals surface area (Å²) >= 11 is 0. The van der Waals surface area contributed by atoms with Crippen LogP contribution in [0.25, 0.3) is 0 Å². The van der Waals surface area contributed by atoms with Crippen LogP contribution < -0.4 is 4.74 Å². The fourth-order valence-corrected chi connectivity index (χ4v) is 2.28. The van der Waals surface area contributed by atoms with Gasteiger partial charge in [-0.1, -0.05) is 5.06 Å². The largest absolute Gasteiger partial charge is 0.714 e. The fourth-order valence-electron chi connectivity index (χ4n) is 2.28. The van der Waals surface area contributed by atoms with Gasteiger partial charge in [-0.25, -0.2) is 4.79 Å². The zero-order valence-corrected chi connectivity index (χ0v) is 13.9. The monoisotopic (exact) mass is 321 g/mol. The molecular weight excluding hydrogens is 300 g/mol. The number of hydrogen-bond donors (Lipinski definition) is 1. The summed E-state index contributed by atoms with van der Waals surface area (Å²) in [6.45, 7) is 8.33. The zero-order valence-electron chi connectivity index (χ0n) is 13.9. The molecular formula is C16H21N2O5. The van der Waals surface area contributed by atoms with Crippen molar-refractivity contribution < 1.29 is 24.6 Å². The number of benzene rings is 1. The van der Waals surface area contributed by atoms with E-state index < -0.39 is 23.2 Å². The molecule has 1 aliphatic heterocycles. The SMILES string of the molecule is C[C@H](Oc1ccc(C2=[N+]([O-])C(C)(C)C(C)(C)N2[O])cc1)C(=O)O. The highest BCUT2D eigenvalue weighted by Crippen LogP contribution is 2.37. The van der Waals surface area contributed by atoms with E-state index in [1.807, 2.05) is 0 Å². The van der Waals surface area contributed by atoms with E-state index in [1.54, 1.807) is 52.0 Å². The molecule has 7 heteroatoms. The van der Waals surface area contributed by atoms with Gasteiger partial charge < -0.3 is 15.1 Å². The summed E-state index contributed by atoms with van der Waals surface area (Å²) < 4.78 is 5.97. The Morgan fingerprint density at radius 2 is 1.78 bits per heavy atom. The Morgan fingerprint density at radius 3 is 2.17 bits per heavy atom. The molecule has 1 heterocycles. The van der Waals surface area contributed by atoms with Crippen molar-refractivity contribution in [3.8, 4) is 5.75 Å². The summed E-state index contributed by atoms with van der Waals surface area (Å²) in [7, 11) is 0. The van der Waals surface area contributed by atoms with Crippen LogP contribution in [0.3, 0.4) is 0 Å². The van der Waals surface area contributed by atoms with Crippen LogP contribution in [0.4, 0.5) is 0 Å². The third-order valence-corrected chi connectivity index (χ3v) is 4.67. The molecule has 0 fully saturated rings. The van der Waals surface area contributed by atoms with E-state index in [1.165, 1.54) is 6.92 Å². The number of ether oxygens (including phenoxy) is 1. The molecule has 0 spiro atoms. The van der Waals surface area contributed by atoms with Crippen LogP contribution in [-0.2, 0) is 10.0 Å². The molecule has 1 atom stereocenters. The number of carbonyl (C=O) groups is 1. The van der Waals surface area contributed by atoms with Gasteiger partial charge in [0.15, 0.2) is 11.6 Å². The van der Waals surface area contributed by atoms with Gasteiger partial charge in [-0.3, -0.25) is 4.74 Å². The van der Waals surface area contributed by atoms with E-state index in [2.05, 4.69) is 0 Å². The molecule has 23 heavy (non-hydrogen) atoms. The lowest BCUT2D eigenvalue weighted by Crippen LogP contribution is -2.53. The van der Waals surface area contributed by atoms with Gasteiger partial charge in [-0.05, 0) is 58.9 Å². The maximum Gasteiger partial charge on any atom is 0.344 e. The molecule has 1 N–H and O–H groups in total. The van der Waals surface area contributed by atoms with E-state index in [9.17, 15) is 15.2 Å². The summed E-state index contributed by atoms with van der Waals surface area (Å²) in [6.07, 6.45) is -0.982. The predicted octanol–water partition coefficient (Wildman–Crippen LogP) is 2.01. The third-order valence-electron chi connectivity index (χ3n) is 4.67. The van der Waals surface area contributed by atoms with E-state index in [-0.39, 0.29) is 5.84 Å². The molecule has 0 bridgehead atoms. The molecule has 0 aliphatic carbocycles. The van der Waals surface area contributed by atoms with Gasteiger partial charge in [0, 0.05) is 5.21 Å². The minimum Gasteiger partial charge on any atom is -0.714 e. The molecule has 0 aromatic heterocycles. The van der Waals surface area contributed by atoms with Crippen molar-refractivity contribution in [3.63, 3.8) is 0 Å². The highest BCUT2D eigenvalue weighted by Gasteiger charge is 2.59. The first kappa shape index (κ1) is 17.1. The number of hydroxylamine groups is 3. The second-order valence-electron chi connectivity index (χ2n) is 6.65. The van der Waals surface area contributed by atoms with Crippen LogP contribution in [0.5, 0.6) is 5.75 Å². The van der Waals surface area contributed by atoms with Crippen molar-refractivity contribution in [3.05, 3.63) is 35.0 Å². The Bertz CT molecular complexity index is 649. The second-order valence-corrected chi connectivity index (χ2v) is 6.65. The van der Waals surface area contributed by atoms with Crippen molar-refractivity contribution in [2.24, 2.45) is 0 Å². The van der Waals surface area contributed by atoms with Gasteiger partial charge in [-0.15, -0.1) is 0 Å². The number of nitrogens with zero attached hydrogens (tertiary/aromatic N) is 2. The molecule has 7 nitrogen and oxygen atoms in total. The average Bonchev–Trinajstić information content (AvgIpc) is 2.58. The van der Waals surface area contributed by atoms with Crippen LogP contribution in [0, 0.1) is 5.21 Å². The Balaban J connectivity index is 2.33. The summed E-state index contributed by atoms with van der Waals surface area (Å²) in [5, 5.41) is 34.6. The fraction of sp³-hybridized carbons (Fsp3) is 0.500. The van der Waals surface area contributed by atoms with Crippen molar-refractivity contribution in [1.82, 2.24) is 5.06 Å². The summed E-state index contributed by atoms with van der Waals surface area (Å²) in [5.41, 5.74) is -1.29. The van der Waals surface area contributed by atoms with Crippen molar-refractivity contribution in [1.29, 1.82) is 0 Å². The lowest BCUT2D eigenvalue weighted by Gasteiger charge is -2.32. The Kier molecular flexibility index (Phi) is 4.02. The van der Waals surface area contributed by atoms with Gasteiger partial charge in [0.1, 0.15) is 11.3 Å². The van der Waals surface area contributed by atoms with Gasteiger partial charge in [0.25, 0.3) is 0 Å². The maximum atomic E-state index is 12.5. The number of rotatable bonds is 4. The lowest BCUT2D eigenvalue weighted by molar-refractivity contribution is -0.539. The smallest absolute Gasteiger partial charge is 0.344 e. The van der Waals surface area contributed by atoms with E-state index in [4.69, 9.17) is 9.84 Å². The van der Waals surface area contributed by atoms with Gasteiger partial charge in [-0.2, -0.15) is 0 Å². The first-order valence-corrected chi connectivity index (χ1v) is 7.31. The summed E-state index contributed by atoms with van der Waals surface area (Å²) in [4.78, 5) is 10.8. The summed E-state index contributed by atoms with van der Waals surface area (Å²) in [5.74, 6) is -0.673. The minimum absolute atomic E-state index is 0.0397. The highest BCUT2D eigenvalue weighted by molar-refractivity contribution is 5.96. The number of carboxylic acids is 1. The van der Waals surface area contributed by atoms with Crippen molar-refractivity contribution in [2.45, 2.75) is 51.8 Å². The molecule has 0 saturated carbocycles. The molecule has 1 aliphatic rings. The summed E-state index contributed by atoms with van der Waals surface area (Å²) in [6, 6.07) is 6.24. The second kappa shape index (κ2) is 5.42. The van der Waals surface area contributed by atoms with Crippen molar-refractivity contribution in [2.75, 3.05) is 0 Å². The van der Waals surface area contributed by atoms with Gasteiger partial charge >= 0.3 is 11.8 Å². The van der Waals surface area contributed by atoms with Crippen molar-refractivity contribution >= 4 is 11.8 Å². The number of amidine groups is 1. The van der Waals surface area contributed by atoms with E-state index in [0.717, 1.165) is 9.80 Å². The van der Waals surface area contributed by atoms with E-state index >= 15 is 0 Å². The van der Waals surface area contributed by atoms with Crippen LogP contribution in [0.15, 0.2) is 24.3 Å². The van der Waals surface area contributed by atoms with Crippen LogP contribution in [0.2, 0.25) is 0 Å². The molecule has 1 aromatic carbocycles. The minimum atomic E-state index is -1.07. The molecule has 0 saturated heterocycles. The molecule has 1 aromatic rings. The maximum absolute atomic E-state index is 12.5. The Hall–Kier alpha value is -2.28. The number of hydrogen-bond acceptors (Lipinski definition) is 4. The first-order valence-electron chi connectivity index (χ1n) is 7.31. The van der Waals surface area contributed by atoms with Crippen LogP contribution >= 0.6 is 0 Å². The highest BCUT2D eigenvalue weighted by atomic mass is 16.5. The first-order chi connectivity index (χ1) is 10.5. The quantitative estimate of drug-likeness (QED) is 0.676. The van der Waals surface area contributed by atoms with Crippen LogP contribution in [0.1, 0.15) is 40.2 Å². The molecule has 125 valence electrons. The normalized spacial score (nSPS) is 20.5. The van der Waals surface area contributed by atoms with Gasteiger partial charge in [0.05, 0.1) is 5.56 Å². The Morgan fingerprint density at radius 1 is 1.26 bits per heavy atom. The third kappa shape index (κ3) is 2.61. The Labute approximate surface area is 135 Å². The molecule has 2 rings (SSSR count). The predicted molar refractivity (Wildman–Crippen MR) is 82.6 cm³/mol. The lowest BCUT2D eigenvalue weighted by atomic mass is 9.84. The van der Waals surface area contributed by atoms with Gasteiger partial charge in [0.2, 0.25) is 0 Å². The molecule has 0 amide bonds. The molecule has 1 radical (unpaired) electrons. The zero-order chi connectivity index (χ0) is 17.6. The number of aliphatic carboxylic acids is 1.